The number of nitrogens with zero attached hydrogens (tertiary/aromatic N) is 1. The number of rotatable bonds is 3. The van der Waals surface area contributed by atoms with Gasteiger partial charge in [0.15, 0.2) is 0 Å². The Morgan fingerprint density at radius 3 is 2.55 bits per heavy atom. The SMILES string of the molecule is CNC(=O)COC1(C)CCCN(C(=O)OC(C)(C)C)C1. The zero-order valence-electron chi connectivity index (χ0n) is 13.1. The number of hydrogen-bond donors (Lipinski definition) is 1. The topological polar surface area (TPSA) is 67.9 Å². The number of ether oxygens (including phenoxy) is 2. The van der Waals surface area contributed by atoms with Crippen molar-refractivity contribution in [2.24, 2.45) is 0 Å². The highest BCUT2D eigenvalue weighted by molar-refractivity contribution is 5.76. The number of carbonyl (C=O) groups is 2. The molecule has 0 saturated carbocycles. The Bertz CT molecular complexity index is 365. The first-order valence-electron chi connectivity index (χ1n) is 6.98. The van der Waals surface area contributed by atoms with Crippen molar-refractivity contribution in [1.29, 1.82) is 0 Å². The molecule has 6 heteroatoms. The first kappa shape index (κ1) is 16.8. The second-order valence-electron chi connectivity index (χ2n) is 6.42. The molecule has 0 aliphatic carbocycles. The summed E-state index contributed by atoms with van der Waals surface area (Å²) in [6.07, 6.45) is 1.33. The maximum atomic E-state index is 12.1. The molecule has 1 atom stereocenters. The van der Waals surface area contributed by atoms with E-state index >= 15 is 0 Å². The summed E-state index contributed by atoms with van der Waals surface area (Å²) in [5, 5.41) is 2.52. The molecule has 6 nitrogen and oxygen atoms in total. The normalized spacial score (nSPS) is 23.4. The Morgan fingerprint density at radius 2 is 2.00 bits per heavy atom. The van der Waals surface area contributed by atoms with Gasteiger partial charge in [0.25, 0.3) is 0 Å². The van der Waals surface area contributed by atoms with E-state index in [4.69, 9.17) is 9.47 Å². The fourth-order valence-electron chi connectivity index (χ4n) is 2.12. The fourth-order valence-corrected chi connectivity index (χ4v) is 2.12. The number of amides is 2. The van der Waals surface area contributed by atoms with E-state index in [1.54, 1.807) is 11.9 Å². The number of hydrogen-bond acceptors (Lipinski definition) is 4. The average molecular weight is 286 g/mol. The van der Waals surface area contributed by atoms with Crippen LogP contribution in [0.25, 0.3) is 0 Å². The van der Waals surface area contributed by atoms with Crippen LogP contribution in [0.1, 0.15) is 40.5 Å². The lowest BCUT2D eigenvalue weighted by atomic mass is 9.95. The summed E-state index contributed by atoms with van der Waals surface area (Å²) in [5.41, 5.74) is -1.00. The van der Waals surface area contributed by atoms with E-state index < -0.39 is 11.2 Å². The average Bonchev–Trinajstić information content (AvgIpc) is 2.34. The van der Waals surface area contributed by atoms with Crippen molar-refractivity contribution >= 4 is 12.0 Å². The van der Waals surface area contributed by atoms with E-state index in [1.807, 2.05) is 27.7 Å². The molecule has 0 aromatic carbocycles. The molecule has 1 unspecified atom stereocenters. The quantitative estimate of drug-likeness (QED) is 0.854. The predicted octanol–water partition coefficient (Wildman–Crippen LogP) is 1.54. The van der Waals surface area contributed by atoms with Crippen LogP contribution in [0.15, 0.2) is 0 Å². The second-order valence-corrected chi connectivity index (χ2v) is 6.42. The van der Waals surface area contributed by atoms with Gasteiger partial charge >= 0.3 is 6.09 Å². The van der Waals surface area contributed by atoms with Gasteiger partial charge in [-0.2, -0.15) is 0 Å². The van der Waals surface area contributed by atoms with E-state index in [2.05, 4.69) is 5.32 Å². The van der Waals surface area contributed by atoms with Crippen LogP contribution in [0.4, 0.5) is 4.79 Å². The minimum Gasteiger partial charge on any atom is -0.444 e. The first-order chi connectivity index (χ1) is 9.15. The summed E-state index contributed by atoms with van der Waals surface area (Å²) in [7, 11) is 1.57. The molecule has 0 spiro atoms. The predicted molar refractivity (Wildman–Crippen MR) is 75.5 cm³/mol. The van der Waals surface area contributed by atoms with E-state index in [0.717, 1.165) is 12.8 Å². The number of likely N-dealkylation sites (N-methyl/N-ethyl adjacent to an activating group) is 1. The third kappa shape index (κ3) is 5.36. The molecule has 0 bridgehead atoms. The molecule has 1 rings (SSSR count). The third-order valence-corrected chi connectivity index (χ3v) is 3.14. The molecule has 116 valence electrons. The lowest BCUT2D eigenvalue weighted by Crippen LogP contribution is -2.52. The summed E-state index contributed by atoms with van der Waals surface area (Å²) >= 11 is 0. The Balaban J connectivity index is 2.56. The highest BCUT2D eigenvalue weighted by Crippen LogP contribution is 2.25. The van der Waals surface area contributed by atoms with Crippen molar-refractivity contribution in [1.82, 2.24) is 10.2 Å². The van der Waals surface area contributed by atoms with Crippen molar-refractivity contribution in [3.05, 3.63) is 0 Å². The largest absolute Gasteiger partial charge is 0.444 e. The lowest BCUT2D eigenvalue weighted by molar-refractivity contribution is -0.135. The zero-order chi connectivity index (χ0) is 15.4. The zero-order valence-corrected chi connectivity index (χ0v) is 13.1. The van der Waals surface area contributed by atoms with E-state index in [0.29, 0.717) is 13.1 Å². The van der Waals surface area contributed by atoms with E-state index in [9.17, 15) is 9.59 Å². The van der Waals surface area contributed by atoms with Crippen molar-refractivity contribution < 1.29 is 19.1 Å². The summed E-state index contributed by atoms with van der Waals surface area (Å²) in [6, 6.07) is 0. The Labute approximate surface area is 120 Å². The molecule has 1 aliphatic heterocycles. The number of likely N-dealkylation sites (tertiary alicyclic amines) is 1. The molecule has 1 fully saturated rings. The van der Waals surface area contributed by atoms with Crippen molar-refractivity contribution in [3.63, 3.8) is 0 Å². The van der Waals surface area contributed by atoms with E-state index in [-0.39, 0.29) is 18.6 Å². The Morgan fingerprint density at radius 1 is 1.35 bits per heavy atom. The van der Waals surface area contributed by atoms with E-state index in [1.165, 1.54) is 0 Å². The van der Waals surface area contributed by atoms with Gasteiger partial charge in [0.2, 0.25) is 5.91 Å². The minimum atomic E-state index is -0.506. The van der Waals surface area contributed by atoms with Crippen LogP contribution in [0.2, 0.25) is 0 Å². The van der Waals surface area contributed by atoms with Crippen LogP contribution in [0, 0.1) is 0 Å². The molecule has 1 heterocycles. The molecular weight excluding hydrogens is 260 g/mol. The highest BCUT2D eigenvalue weighted by Gasteiger charge is 2.36. The smallest absolute Gasteiger partial charge is 0.410 e. The molecule has 0 radical (unpaired) electrons. The second kappa shape index (κ2) is 6.43. The van der Waals surface area contributed by atoms with Crippen LogP contribution >= 0.6 is 0 Å². The molecule has 20 heavy (non-hydrogen) atoms. The summed E-state index contributed by atoms with van der Waals surface area (Å²) in [5.74, 6) is -0.166. The van der Waals surface area contributed by atoms with Gasteiger partial charge < -0.3 is 19.7 Å². The molecule has 1 N–H and O–H groups in total. The summed E-state index contributed by atoms with van der Waals surface area (Å²) in [4.78, 5) is 25.0. The summed E-state index contributed by atoms with van der Waals surface area (Å²) in [6.45, 7) is 8.57. The van der Waals surface area contributed by atoms with Gasteiger partial charge in [-0.1, -0.05) is 0 Å². The maximum Gasteiger partial charge on any atom is 0.410 e. The lowest BCUT2D eigenvalue weighted by Gasteiger charge is -2.40. The van der Waals surface area contributed by atoms with Gasteiger partial charge in [0, 0.05) is 13.6 Å². The van der Waals surface area contributed by atoms with Crippen molar-refractivity contribution in [2.75, 3.05) is 26.7 Å². The monoisotopic (exact) mass is 286 g/mol. The molecule has 0 aromatic heterocycles. The number of nitrogens with one attached hydrogen (secondary N) is 1. The minimum absolute atomic E-state index is 0.00909. The molecule has 1 aliphatic rings. The maximum absolute atomic E-state index is 12.1. The Hall–Kier alpha value is -1.30. The number of piperidine rings is 1. The number of carbonyl (C=O) groups excluding carboxylic acids is 2. The molecular formula is C14H26N2O4. The Kier molecular flexibility index (Phi) is 5.39. The van der Waals surface area contributed by atoms with Gasteiger partial charge in [-0.15, -0.1) is 0 Å². The fraction of sp³-hybridized carbons (Fsp3) is 0.857. The van der Waals surface area contributed by atoms with Crippen molar-refractivity contribution in [3.8, 4) is 0 Å². The van der Waals surface area contributed by atoms with Crippen LogP contribution < -0.4 is 5.32 Å². The highest BCUT2D eigenvalue weighted by atomic mass is 16.6. The first-order valence-corrected chi connectivity index (χ1v) is 6.98. The van der Waals surface area contributed by atoms with Crippen LogP contribution in [0.3, 0.4) is 0 Å². The van der Waals surface area contributed by atoms with Crippen LogP contribution in [-0.4, -0.2) is 54.8 Å². The van der Waals surface area contributed by atoms with Gasteiger partial charge in [0.05, 0.1) is 12.1 Å². The van der Waals surface area contributed by atoms with Gasteiger partial charge in [-0.05, 0) is 40.5 Å². The van der Waals surface area contributed by atoms with Crippen molar-refractivity contribution in [2.45, 2.75) is 51.7 Å². The van der Waals surface area contributed by atoms with Crippen LogP contribution in [-0.2, 0) is 14.3 Å². The molecule has 2 amide bonds. The third-order valence-electron chi connectivity index (χ3n) is 3.14. The summed E-state index contributed by atoms with van der Waals surface area (Å²) < 4.78 is 11.0. The standard InChI is InChI=1S/C14H26N2O4/c1-13(2,3)20-12(18)16-8-6-7-14(4,10-16)19-9-11(17)15-5/h6-10H2,1-5H3,(H,15,17). The molecule has 1 saturated heterocycles. The molecule has 0 aromatic rings. The van der Waals surface area contributed by atoms with Gasteiger partial charge in [-0.3, -0.25) is 4.79 Å². The van der Waals surface area contributed by atoms with Crippen LogP contribution in [0.5, 0.6) is 0 Å². The van der Waals surface area contributed by atoms with Gasteiger partial charge in [-0.25, -0.2) is 4.79 Å². The van der Waals surface area contributed by atoms with Gasteiger partial charge in [0.1, 0.15) is 12.2 Å².